The molecule has 0 unspecified atom stereocenters. The lowest BCUT2D eigenvalue weighted by Gasteiger charge is -2.17. The molecule has 0 fully saturated rings. The Morgan fingerprint density at radius 2 is 1.53 bits per heavy atom. The average molecular weight is 432 g/mol. The summed E-state index contributed by atoms with van der Waals surface area (Å²) in [4.78, 5) is 29.1. The molecule has 1 atom stereocenters. The molecule has 7 heteroatoms. The van der Waals surface area contributed by atoms with Crippen LogP contribution in [0.1, 0.15) is 35.5 Å². The highest BCUT2D eigenvalue weighted by atomic mass is 16.5. The van der Waals surface area contributed by atoms with E-state index in [1.54, 1.807) is 6.92 Å². The molecule has 32 heavy (non-hydrogen) atoms. The molecule has 3 aromatic rings. The minimum absolute atomic E-state index is 0.106. The fraction of sp³-hybridized carbons (Fsp3) is 0.160. The van der Waals surface area contributed by atoms with Crippen molar-refractivity contribution in [1.29, 1.82) is 0 Å². The number of hydrogen-bond acceptors (Lipinski definition) is 6. The van der Waals surface area contributed by atoms with Gasteiger partial charge in [0.2, 0.25) is 0 Å². The molecule has 1 amide bonds. The predicted molar refractivity (Wildman–Crippen MR) is 120 cm³/mol. The molecule has 1 aromatic heterocycles. The third-order valence-corrected chi connectivity index (χ3v) is 4.75. The van der Waals surface area contributed by atoms with Crippen molar-refractivity contribution in [2.75, 3.05) is 7.11 Å². The van der Waals surface area contributed by atoms with Gasteiger partial charge in [-0.3, -0.25) is 4.79 Å². The number of esters is 1. The molecule has 2 aromatic carbocycles. The zero-order valence-electron chi connectivity index (χ0n) is 18.0. The number of aromatic hydroxyl groups is 1. The van der Waals surface area contributed by atoms with Crippen LogP contribution < -0.4 is 10.1 Å². The highest BCUT2D eigenvalue weighted by Gasteiger charge is 2.23. The summed E-state index contributed by atoms with van der Waals surface area (Å²) in [7, 11) is 1.36. The molecule has 0 spiro atoms. The Kier molecular flexibility index (Phi) is 7.23. The number of carbonyl (C=O) groups is 2. The molecule has 0 saturated heterocycles. The lowest BCUT2D eigenvalue weighted by Crippen LogP contribution is -2.39. The Morgan fingerprint density at radius 1 is 0.969 bits per heavy atom. The van der Waals surface area contributed by atoms with Gasteiger partial charge in [0, 0.05) is 17.8 Å². The van der Waals surface area contributed by atoms with E-state index in [0.29, 0.717) is 5.76 Å². The monoisotopic (exact) mass is 432 g/mol. The molecule has 164 valence electrons. The van der Waals surface area contributed by atoms with Gasteiger partial charge in [0.1, 0.15) is 11.8 Å². The first-order chi connectivity index (χ1) is 15.4. The summed E-state index contributed by atoms with van der Waals surface area (Å²) in [6, 6.07) is 19.6. The van der Waals surface area contributed by atoms with Gasteiger partial charge in [0.15, 0.2) is 17.2 Å². The van der Waals surface area contributed by atoms with E-state index in [4.69, 9.17) is 9.47 Å². The summed E-state index contributed by atoms with van der Waals surface area (Å²) in [5.41, 5.74) is 2.31. The first-order valence-electron chi connectivity index (χ1n) is 9.98. The topological polar surface area (TPSA) is 97.8 Å². The number of nitrogens with zero attached hydrogens (tertiary/aromatic N) is 1. The van der Waals surface area contributed by atoms with E-state index in [0.717, 1.165) is 16.7 Å². The summed E-state index contributed by atoms with van der Waals surface area (Å²) in [5.74, 6) is -1.27. The largest absolute Gasteiger partial charge is 0.503 e. The van der Waals surface area contributed by atoms with Crippen molar-refractivity contribution in [2.45, 2.75) is 19.9 Å². The molecular formula is C25H24N2O5. The lowest BCUT2D eigenvalue weighted by molar-refractivity contribution is -0.141. The predicted octanol–water partition coefficient (Wildman–Crippen LogP) is 3.94. The summed E-state index contributed by atoms with van der Waals surface area (Å²) in [6.45, 7) is 3.20. The van der Waals surface area contributed by atoms with E-state index >= 15 is 0 Å². The number of aromatic nitrogens is 1. The second kappa shape index (κ2) is 10.3. The van der Waals surface area contributed by atoms with Crippen LogP contribution in [0, 0.1) is 0 Å². The average Bonchev–Trinajstić information content (AvgIpc) is 2.80. The number of hydrogen-bond donors (Lipinski definition) is 2. The van der Waals surface area contributed by atoms with Gasteiger partial charge in [-0.05, 0) is 25.0 Å². The van der Waals surface area contributed by atoms with Crippen LogP contribution in [0.3, 0.4) is 0 Å². The fourth-order valence-electron chi connectivity index (χ4n) is 3.16. The van der Waals surface area contributed by atoms with Crippen molar-refractivity contribution in [1.82, 2.24) is 10.3 Å². The van der Waals surface area contributed by atoms with E-state index < -0.39 is 23.7 Å². The third-order valence-electron chi connectivity index (χ3n) is 4.75. The standard InChI is InChI=1S/C25H24N2O5/c1-16(27-24(29)22-23(28)20(31-3)14-15-26-22)25(30)32-17(2)21(18-10-6-4-7-11-18)19-12-8-5-9-13-19/h4-16,28H,1-3H3,(H,27,29)/t16-/m0/s1. The smallest absolute Gasteiger partial charge is 0.333 e. The Labute approximate surface area is 186 Å². The van der Waals surface area contributed by atoms with Crippen LogP contribution in [-0.4, -0.2) is 35.1 Å². The second-order valence-corrected chi connectivity index (χ2v) is 6.99. The normalized spacial score (nSPS) is 11.2. The van der Waals surface area contributed by atoms with Crippen LogP contribution in [0.4, 0.5) is 0 Å². The first-order valence-corrected chi connectivity index (χ1v) is 9.98. The number of ether oxygens (including phenoxy) is 2. The van der Waals surface area contributed by atoms with E-state index in [9.17, 15) is 14.7 Å². The summed E-state index contributed by atoms with van der Waals surface area (Å²) in [5, 5.41) is 12.6. The second-order valence-electron chi connectivity index (χ2n) is 6.99. The van der Waals surface area contributed by atoms with Crippen molar-refractivity contribution in [3.05, 3.63) is 95.5 Å². The molecule has 0 saturated carbocycles. The lowest BCUT2D eigenvalue weighted by atomic mass is 9.97. The molecular weight excluding hydrogens is 408 g/mol. The van der Waals surface area contributed by atoms with Crippen LogP contribution in [0.2, 0.25) is 0 Å². The fourth-order valence-corrected chi connectivity index (χ4v) is 3.16. The van der Waals surface area contributed by atoms with Crippen molar-refractivity contribution < 1.29 is 24.2 Å². The molecule has 7 nitrogen and oxygen atoms in total. The van der Waals surface area contributed by atoms with Crippen LogP contribution >= 0.6 is 0 Å². The van der Waals surface area contributed by atoms with Gasteiger partial charge in [0.25, 0.3) is 5.91 Å². The quantitative estimate of drug-likeness (QED) is 0.434. The highest BCUT2D eigenvalue weighted by Crippen LogP contribution is 2.28. The molecule has 0 aliphatic heterocycles. The Bertz CT molecular complexity index is 1090. The summed E-state index contributed by atoms with van der Waals surface area (Å²) < 4.78 is 10.6. The molecule has 1 heterocycles. The van der Waals surface area contributed by atoms with Gasteiger partial charge >= 0.3 is 5.97 Å². The van der Waals surface area contributed by atoms with Gasteiger partial charge in [-0.1, -0.05) is 60.7 Å². The number of carbonyl (C=O) groups excluding carboxylic acids is 2. The van der Waals surface area contributed by atoms with Crippen molar-refractivity contribution >= 4 is 17.4 Å². The number of nitrogens with one attached hydrogen (secondary N) is 1. The van der Waals surface area contributed by atoms with Gasteiger partial charge in [-0.2, -0.15) is 0 Å². The Balaban J connectivity index is 1.81. The van der Waals surface area contributed by atoms with Crippen LogP contribution in [0.5, 0.6) is 11.5 Å². The van der Waals surface area contributed by atoms with Crippen LogP contribution in [0.15, 0.2) is 78.7 Å². The summed E-state index contributed by atoms with van der Waals surface area (Å²) >= 11 is 0. The van der Waals surface area contributed by atoms with Crippen molar-refractivity contribution in [3.63, 3.8) is 0 Å². The number of benzene rings is 2. The van der Waals surface area contributed by atoms with Crippen LogP contribution in [0.25, 0.3) is 5.57 Å². The molecule has 2 N–H and O–H groups in total. The van der Waals surface area contributed by atoms with Gasteiger partial charge in [-0.25, -0.2) is 9.78 Å². The van der Waals surface area contributed by atoms with E-state index in [-0.39, 0.29) is 11.4 Å². The minimum Gasteiger partial charge on any atom is -0.503 e. The number of amides is 1. The molecule has 0 aliphatic carbocycles. The van der Waals surface area contributed by atoms with Crippen molar-refractivity contribution in [2.24, 2.45) is 0 Å². The number of allylic oxidation sites excluding steroid dienone is 1. The third kappa shape index (κ3) is 5.13. The Hall–Kier alpha value is -4.13. The first kappa shape index (κ1) is 22.6. The zero-order valence-corrected chi connectivity index (χ0v) is 18.0. The van der Waals surface area contributed by atoms with E-state index in [2.05, 4.69) is 10.3 Å². The Morgan fingerprint density at radius 3 is 2.06 bits per heavy atom. The number of rotatable bonds is 7. The van der Waals surface area contributed by atoms with Gasteiger partial charge in [0.05, 0.1) is 7.11 Å². The SMILES string of the molecule is COc1ccnc(C(=O)N[C@@H](C)C(=O)OC(C)=C(c2ccccc2)c2ccccc2)c1O. The molecule has 0 aliphatic rings. The zero-order chi connectivity index (χ0) is 23.1. The molecule has 3 rings (SSSR count). The minimum atomic E-state index is -0.988. The molecule has 0 radical (unpaired) electrons. The maximum atomic E-state index is 12.7. The van der Waals surface area contributed by atoms with E-state index in [1.807, 2.05) is 60.7 Å². The number of methoxy groups -OCH3 is 1. The van der Waals surface area contributed by atoms with Gasteiger partial charge in [-0.15, -0.1) is 0 Å². The maximum absolute atomic E-state index is 12.7. The number of pyridine rings is 1. The molecule has 0 bridgehead atoms. The summed E-state index contributed by atoms with van der Waals surface area (Å²) in [6.07, 6.45) is 1.33. The van der Waals surface area contributed by atoms with Crippen molar-refractivity contribution in [3.8, 4) is 11.5 Å². The maximum Gasteiger partial charge on any atom is 0.333 e. The van der Waals surface area contributed by atoms with Crippen LogP contribution in [-0.2, 0) is 9.53 Å². The highest BCUT2D eigenvalue weighted by molar-refractivity contribution is 5.98. The van der Waals surface area contributed by atoms with Gasteiger partial charge < -0.3 is 19.9 Å². The van der Waals surface area contributed by atoms with E-state index in [1.165, 1.54) is 26.3 Å².